The summed E-state index contributed by atoms with van der Waals surface area (Å²) in [6, 6.07) is 0. The first-order valence-electron chi connectivity index (χ1n) is 23.8. The number of carbonyl (C=O) groups is 3. The van der Waals surface area contributed by atoms with E-state index < -0.39 is 6.10 Å². The quantitative estimate of drug-likeness (QED) is 0.0266. The van der Waals surface area contributed by atoms with E-state index in [1.165, 1.54) is 154 Å². The normalized spacial score (nSPS) is 12.1. The van der Waals surface area contributed by atoms with Crippen LogP contribution in [-0.4, -0.2) is 37.2 Å². The zero-order chi connectivity index (χ0) is 40.1. The van der Waals surface area contributed by atoms with Crippen LogP contribution < -0.4 is 0 Å². The summed E-state index contributed by atoms with van der Waals surface area (Å²) in [5, 5.41) is 0. The first-order chi connectivity index (χ1) is 27.0. The van der Waals surface area contributed by atoms with Crippen molar-refractivity contribution in [2.75, 3.05) is 13.2 Å². The fourth-order valence-corrected chi connectivity index (χ4v) is 6.80. The SMILES string of the molecule is CCCCCC/C=C\CCCC(=O)OCC(COC(=O)CCCCCCCCCCCCCCCCCCCCC)OC(=O)CCC/C=C\CCCCCC. The summed E-state index contributed by atoms with van der Waals surface area (Å²) in [6.45, 7) is 6.53. The van der Waals surface area contributed by atoms with Crippen LogP contribution in [0.4, 0.5) is 0 Å². The molecule has 0 amide bonds. The van der Waals surface area contributed by atoms with Crippen molar-refractivity contribution in [3.8, 4) is 0 Å². The minimum Gasteiger partial charge on any atom is -0.462 e. The van der Waals surface area contributed by atoms with Gasteiger partial charge in [-0.1, -0.05) is 199 Å². The number of hydrogen-bond acceptors (Lipinski definition) is 6. The molecule has 0 aromatic rings. The Kier molecular flexibility index (Phi) is 42.9. The van der Waals surface area contributed by atoms with Gasteiger partial charge < -0.3 is 14.2 Å². The molecule has 0 fully saturated rings. The fourth-order valence-electron chi connectivity index (χ4n) is 6.80. The number of hydrogen-bond donors (Lipinski definition) is 0. The van der Waals surface area contributed by atoms with Gasteiger partial charge in [0, 0.05) is 19.3 Å². The van der Waals surface area contributed by atoms with Gasteiger partial charge in [0.2, 0.25) is 0 Å². The molecule has 0 rings (SSSR count). The molecule has 6 heteroatoms. The Morgan fingerprint density at radius 2 is 0.618 bits per heavy atom. The van der Waals surface area contributed by atoms with Crippen molar-refractivity contribution in [3.05, 3.63) is 24.3 Å². The van der Waals surface area contributed by atoms with Gasteiger partial charge in [-0.3, -0.25) is 14.4 Å². The first kappa shape index (κ1) is 52.9. The highest BCUT2D eigenvalue weighted by Gasteiger charge is 2.19. The summed E-state index contributed by atoms with van der Waals surface area (Å²) >= 11 is 0. The average Bonchev–Trinajstić information content (AvgIpc) is 3.18. The molecule has 0 aromatic heterocycles. The Balaban J connectivity index is 4.22. The van der Waals surface area contributed by atoms with Gasteiger partial charge in [0.05, 0.1) is 0 Å². The standard InChI is InChI=1S/C49H90O6/c1-4-7-10-13-16-19-20-21-22-23-24-25-26-27-28-31-33-36-39-42-48(51)54-45-46(55-49(52)43-40-37-34-30-18-15-12-9-6-3)44-53-47(50)41-38-35-32-29-17-14-11-8-5-2/h29-30,32,34,46H,4-28,31,33,35-45H2,1-3H3/b32-29-,34-30-. The lowest BCUT2D eigenvalue weighted by atomic mass is 10.0. The Morgan fingerprint density at radius 3 is 0.982 bits per heavy atom. The molecule has 0 N–H and O–H groups in total. The number of rotatable bonds is 43. The molecule has 0 radical (unpaired) electrons. The Morgan fingerprint density at radius 1 is 0.345 bits per heavy atom. The molecular formula is C49H90O6. The zero-order valence-electron chi connectivity index (χ0n) is 36.7. The van der Waals surface area contributed by atoms with E-state index in [9.17, 15) is 14.4 Å². The number of unbranched alkanes of at least 4 members (excludes halogenated alkanes) is 28. The molecule has 55 heavy (non-hydrogen) atoms. The molecule has 0 saturated heterocycles. The van der Waals surface area contributed by atoms with E-state index in [0.29, 0.717) is 19.3 Å². The van der Waals surface area contributed by atoms with Crippen molar-refractivity contribution in [2.45, 2.75) is 258 Å². The summed E-state index contributed by atoms with van der Waals surface area (Å²) in [7, 11) is 0. The van der Waals surface area contributed by atoms with Gasteiger partial charge in [-0.2, -0.15) is 0 Å². The van der Waals surface area contributed by atoms with Gasteiger partial charge >= 0.3 is 17.9 Å². The van der Waals surface area contributed by atoms with Gasteiger partial charge in [-0.15, -0.1) is 0 Å². The topological polar surface area (TPSA) is 78.9 Å². The Bertz CT molecular complexity index is 896. The van der Waals surface area contributed by atoms with E-state index in [1.54, 1.807) is 0 Å². The molecule has 0 aromatic carbocycles. The molecular weight excluding hydrogens is 685 g/mol. The van der Waals surface area contributed by atoms with Crippen LogP contribution in [0.1, 0.15) is 252 Å². The lowest BCUT2D eigenvalue weighted by Gasteiger charge is -2.18. The monoisotopic (exact) mass is 775 g/mol. The van der Waals surface area contributed by atoms with Gasteiger partial charge in [0.25, 0.3) is 0 Å². The zero-order valence-corrected chi connectivity index (χ0v) is 36.7. The molecule has 1 atom stereocenters. The molecule has 322 valence electrons. The second kappa shape index (κ2) is 44.6. The lowest BCUT2D eigenvalue weighted by Crippen LogP contribution is -2.30. The van der Waals surface area contributed by atoms with E-state index in [0.717, 1.165) is 51.4 Å². The third-order valence-electron chi connectivity index (χ3n) is 10.4. The predicted octanol–water partition coefficient (Wildman–Crippen LogP) is 15.2. The van der Waals surface area contributed by atoms with Crippen LogP contribution in [0.5, 0.6) is 0 Å². The maximum absolute atomic E-state index is 12.6. The number of carbonyl (C=O) groups excluding carboxylic acids is 3. The van der Waals surface area contributed by atoms with Crippen LogP contribution in [0.15, 0.2) is 24.3 Å². The summed E-state index contributed by atoms with van der Waals surface area (Å²) < 4.78 is 16.6. The molecule has 6 nitrogen and oxygen atoms in total. The largest absolute Gasteiger partial charge is 0.462 e. The summed E-state index contributed by atoms with van der Waals surface area (Å²) in [5.41, 5.74) is 0. The lowest BCUT2D eigenvalue weighted by molar-refractivity contribution is -0.167. The van der Waals surface area contributed by atoms with E-state index >= 15 is 0 Å². The van der Waals surface area contributed by atoms with Gasteiger partial charge in [0.15, 0.2) is 6.10 Å². The highest BCUT2D eigenvalue weighted by molar-refractivity contribution is 5.71. The van der Waals surface area contributed by atoms with E-state index in [4.69, 9.17) is 14.2 Å². The van der Waals surface area contributed by atoms with Crippen LogP contribution in [0, 0.1) is 0 Å². The van der Waals surface area contributed by atoms with Crippen LogP contribution in [0.3, 0.4) is 0 Å². The van der Waals surface area contributed by atoms with Crippen molar-refractivity contribution in [1.82, 2.24) is 0 Å². The van der Waals surface area contributed by atoms with Crippen molar-refractivity contribution in [2.24, 2.45) is 0 Å². The number of ether oxygens (including phenoxy) is 3. The Hall–Kier alpha value is -2.11. The first-order valence-corrected chi connectivity index (χ1v) is 23.8. The van der Waals surface area contributed by atoms with Crippen LogP contribution >= 0.6 is 0 Å². The highest BCUT2D eigenvalue weighted by Crippen LogP contribution is 2.15. The van der Waals surface area contributed by atoms with E-state index in [1.807, 2.05) is 0 Å². The molecule has 1 unspecified atom stereocenters. The predicted molar refractivity (Wildman–Crippen MR) is 233 cm³/mol. The number of allylic oxidation sites excluding steroid dienone is 4. The van der Waals surface area contributed by atoms with Crippen LogP contribution in [-0.2, 0) is 28.6 Å². The summed E-state index contributed by atoms with van der Waals surface area (Å²) in [4.78, 5) is 37.6. The summed E-state index contributed by atoms with van der Waals surface area (Å²) in [5.74, 6) is -0.955. The average molecular weight is 775 g/mol. The summed E-state index contributed by atoms with van der Waals surface area (Å²) in [6.07, 6.45) is 49.1. The maximum atomic E-state index is 12.6. The third kappa shape index (κ3) is 42.9. The molecule has 0 saturated carbocycles. The van der Waals surface area contributed by atoms with Gasteiger partial charge in [-0.25, -0.2) is 0 Å². The van der Waals surface area contributed by atoms with E-state index in [-0.39, 0.29) is 37.5 Å². The molecule has 0 bridgehead atoms. The molecule has 0 aliphatic rings. The molecule has 0 aliphatic heterocycles. The molecule has 0 spiro atoms. The van der Waals surface area contributed by atoms with Crippen molar-refractivity contribution in [1.29, 1.82) is 0 Å². The van der Waals surface area contributed by atoms with Crippen molar-refractivity contribution in [3.63, 3.8) is 0 Å². The van der Waals surface area contributed by atoms with Crippen molar-refractivity contribution < 1.29 is 28.6 Å². The van der Waals surface area contributed by atoms with Crippen LogP contribution in [0.2, 0.25) is 0 Å². The smallest absolute Gasteiger partial charge is 0.306 e. The van der Waals surface area contributed by atoms with Gasteiger partial charge in [-0.05, 0) is 57.8 Å². The highest BCUT2D eigenvalue weighted by atomic mass is 16.6. The van der Waals surface area contributed by atoms with Crippen molar-refractivity contribution >= 4 is 17.9 Å². The molecule has 0 aliphatic carbocycles. The second-order valence-electron chi connectivity index (χ2n) is 16.0. The van der Waals surface area contributed by atoms with Gasteiger partial charge in [0.1, 0.15) is 13.2 Å². The third-order valence-corrected chi connectivity index (χ3v) is 10.4. The minimum absolute atomic E-state index is 0.0879. The fraction of sp³-hybridized carbons (Fsp3) is 0.857. The second-order valence-corrected chi connectivity index (χ2v) is 16.0. The van der Waals surface area contributed by atoms with E-state index in [2.05, 4.69) is 45.1 Å². The Labute approximate surface area is 341 Å². The number of esters is 3. The maximum Gasteiger partial charge on any atom is 0.306 e. The molecule has 0 heterocycles. The minimum atomic E-state index is -0.789. The van der Waals surface area contributed by atoms with Crippen LogP contribution in [0.25, 0.3) is 0 Å².